The molecule has 0 heterocycles. The molecule has 0 spiro atoms. The van der Waals surface area contributed by atoms with Crippen molar-refractivity contribution in [2.75, 3.05) is 7.11 Å². The molecule has 0 aliphatic rings. The van der Waals surface area contributed by atoms with Crippen LogP contribution in [0.4, 0.5) is 0 Å². The van der Waals surface area contributed by atoms with E-state index in [4.69, 9.17) is 10.5 Å². The Morgan fingerprint density at radius 3 is 2.46 bits per heavy atom. The van der Waals surface area contributed by atoms with Crippen LogP contribution in [0, 0.1) is 0 Å². The van der Waals surface area contributed by atoms with E-state index in [1.807, 2.05) is 12.1 Å². The predicted molar refractivity (Wildman–Crippen MR) is 53.3 cm³/mol. The molecule has 0 saturated heterocycles. The Bertz CT molecular complexity index is 316. The molecule has 1 rings (SSSR count). The molecule has 0 radical (unpaired) electrons. The van der Waals surface area contributed by atoms with Gasteiger partial charge in [-0.1, -0.05) is 0 Å². The molecule has 1 aromatic rings. The summed E-state index contributed by atoms with van der Waals surface area (Å²) in [5.74, 6) is 1.13. The summed E-state index contributed by atoms with van der Waals surface area (Å²) in [5.41, 5.74) is 6.37. The van der Waals surface area contributed by atoms with Crippen molar-refractivity contribution in [2.24, 2.45) is 15.9 Å². The van der Waals surface area contributed by atoms with E-state index in [1.165, 1.54) is 0 Å². The zero-order valence-corrected chi connectivity index (χ0v) is 7.40. The minimum Gasteiger partial charge on any atom is -0.497 e. The summed E-state index contributed by atoms with van der Waals surface area (Å²) in [4.78, 5) is 0. The lowest BCUT2D eigenvalue weighted by atomic mass is 10.2. The molecule has 0 aromatic heterocycles. The molecule has 0 bridgehead atoms. The summed E-state index contributed by atoms with van der Waals surface area (Å²) in [6.07, 6.45) is 0. The van der Waals surface area contributed by atoms with Gasteiger partial charge in [0.05, 0.1) is 7.11 Å². The predicted octanol–water partition coefficient (Wildman–Crippen LogP) is 1.02. The molecule has 0 amide bonds. The SMILES string of the molecule is C=N/N=C(\N)c1ccc(OC)cc1. The van der Waals surface area contributed by atoms with Crippen molar-refractivity contribution in [1.82, 2.24) is 0 Å². The van der Waals surface area contributed by atoms with Gasteiger partial charge in [0.25, 0.3) is 0 Å². The van der Waals surface area contributed by atoms with Gasteiger partial charge in [0, 0.05) is 12.3 Å². The van der Waals surface area contributed by atoms with E-state index in [1.54, 1.807) is 19.2 Å². The standard InChI is InChI=1S/C9H11N3O/c1-11-12-9(10)7-3-5-8(13-2)6-4-7/h3-6H,1H2,2H3,(H2,10,12). The van der Waals surface area contributed by atoms with Crippen LogP contribution in [0.1, 0.15) is 5.56 Å². The maximum Gasteiger partial charge on any atom is 0.153 e. The summed E-state index contributed by atoms with van der Waals surface area (Å²) in [6.45, 7) is 3.22. The average Bonchev–Trinajstić information content (AvgIpc) is 2.18. The summed E-state index contributed by atoms with van der Waals surface area (Å²) >= 11 is 0. The van der Waals surface area contributed by atoms with Gasteiger partial charge in [0.1, 0.15) is 5.75 Å². The normalized spacial score (nSPS) is 11.0. The van der Waals surface area contributed by atoms with E-state index in [-0.39, 0.29) is 0 Å². The summed E-state index contributed by atoms with van der Waals surface area (Å²) in [5, 5.41) is 6.95. The molecule has 4 heteroatoms. The second-order valence-corrected chi connectivity index (χ2v) is 2.36. The maximum atomic E-state index is 5.57. The van der Waals surface area contributed by atoms with Crippen LogP contribution in [0.15, 0.2) is 34.5 Å². The Kier molecular flexibility index (Phi) is 3.03. The minimum atomic E-state index is 0.345. The molecule has 4 nitrogen and oxygen atoms in total. The number of ether oxygens (including phenoxy) is 1. The first-order chi connectivity index (χ1) is 6.27. The van der Waals surface area contributed by atoms with Gasteiger partial charge in [-0.05, 0) is 24.3 Å². The van der Waals surface area contributed by atoms with Crippen molar-refractivity contribution in [2.45, 2.75) is 0 Å². The first-order valence-electron chi connectivity index (χ1n) is 3.71. The first-order valence-corrected chi connectivity index (χ1v) is 3.71. The molecule has 0 fully saturated rings. The van der Waals surface area contributed by atoms with E-state index in [0.29, 0.717) is 5.84 Å². The molecule has 0 atom stereocenters. The average molecular weight is 177 g/mol. The molecule has 0 saturated carbocycles. The van der Waals surface area contributed by atoms with Crippen LogP contribution in [-0.4, -0.2) is 19.7 Å². The first kappa shape index (κ1) is 9.25. The van der Waals surface area contributed by atoms with E-state index >= 15 is 0 Å². The molecule has 13 heavy (non-hydrogen) atoms. The Balaban J connectivity index is 2.91. The largest absolute Gasteiger partial charge is 0.497 e. The number of benzene rings is 1. The van der Waals surface area contributed by atoms with Crippen molar-refractivity contribution in [3.63, 3.8) is 0 Å². The van der Waals surface area contributed by atoms with E-state index in [2.05, 4.69) is 16.9 Å². The van der Waals surface area contributed by atoms with Crippen LogP contribution in [-0.2, 0) is 0 Å². The summed E-state index contributed by atoms with van der Waals surface area (Å²) in [7, 11) is 1.61. The minimum absolute atomic E-state index is 0.345. The lowest BCUT2D eigenvalue weighted by Gasteiger charge is -2.01. The van der Waals surface area contributed by atoms with Gasteiger partial charge in [-0.25, -0.2) is 0 Å². The fourth-order valence-corrected chi connectivity index (χ4v) is 0.896. The Morgan fingerprint density at radius 1 is 1.38 bits per heavy atom. The Morgan fingerprint density at radius 2 is 2.00 bits per heavy atom. The van der Waals surface area contributed by atoms with Gasteiger partial charge in [-0.15, -0.1) is 5.10 Å². The number of hydrogen-bond acceptors (Lipinski definition) is 3. The Hall–Kier alpha value is -1.84. The molecular formula is C9H11N3O. The fourth-order valence-electron chi connectivity index (χ4n) is 0.896. The quantitative estimate of drug-likeness (QED) is 0.425. The maximum absolute atomic E-state index is 5.57. The van der Waals surface area contributed by atoms with Crippen LogP contribution >= 0.6 is 0 Å². The van der Waals surface area contributed by atoms with Crippen molar-refractivity contribution in [3.05, 3.63) is 29.8 Å². The van der Waals surface area contributed by atoms with Crippen molar-refractivity contribution >= 4 is 12.6 Å². The van der Waals surface area contributed by atoms with Crippen molar-refractivity contribution < 1.29 is 4.74 Å². The molecule has 0 unspecified atom stereocenters. The summed E-state index contributed by atoms with van der Waals surface area (Å²) in [6, 6.07) is 7.23. The summed E-state index contributed by atoms with van der Waals surface area (Å²) < 4.78 is 4.99. The fraction of sp³-hybridized carbons (Fsp3) is 0.111. The second-order valence-electron chi connectivity index (χ2n) is 2.36. The third-order valence-electron chi connectivity index (χ3n) is 1.56. The molecule has 1 aromatic carbocycles. The van der Waals surface area contributed by atoms with Gasteiger partial charge in [-0.2, -0.15) is 5.10 Å². The highest BCUT2D eigenvalue weighted by Crippen LogP contribution is 2.10. The van der Waals surface area contributed by atoms with Gasteiger partial charge < -0.3 is 10.5 Å². The highest BCUT2D eigenvalue weighted by Gasteiger charge is 1.97. The Labute approximate surface area is 76.7 Å². The number of nitrogens with zero attached hydrogens (tertiary/aromatic N) is 2. The molecule has 0 aliphatic heterocycles. The van der Waals surface area contributed by atoms with Crippen molar-refractivity contribution in [3.8, 4) is 5.75 Å². The van der Waals surface area contributed by atoms with Gasteiger partial charge in [0.2, 0.25) is 0 Å². The third-order valence-corrected chi connectivity index (χ3v) is 1.56. The van der Waals surface area contributed by atoms with Crippen LogP contribution < -0.4 is 10.5 Å². The van der Waals surface area contributed by atoms with E-state index < -0.39 is 0 Å². The van der Waals surface area contributed by atoms with Gasteiger partial charge in [-0.3, -0.25) is 0 Å². The lowest BCUT2D eigenvalue weighted by Crippen LogP contribution is -2.12. The number of nitrogens with two attached hydrogens (primary N) is 1. The lowest BCUT2D eigenvalue weighted by molar-refractivity contribution is 0.415. The molecular weight excluding hydrogens is 166 g/mol. The van der Waals surface area contributed by atoms with Crippen LogP contribution in [0.5, 0.6) is 5.75 Å². The highest BCUT2D eigenvalue weighted by atomic mass is 16.5. The monoisotopic (exact) mass is 177 g/mol. The third kappa shape index (κ3) is 2.30. The number of amidine groups is 1. The number of methoxy groups -OCH3 is 1. The molecule has 2 N–H and O–H groups in total. The van der Waals surface area contributed by atoms with Crippen LogP contribution in [0.2, 0.25) is 0 Å². The zero-order chi connectivity index (χ0) is 9.68. The van der Waals surface area contributed by atoms with Gasteiger partial charge >= 0.3 is 0 Å². The zero-order valence-electron chi connectivity index (χ0n) is 7.40. The molecule has 0 aliphatic carbocycles. The van der Waals surface area contributed by atoms with Crippen LogP contribution in [0.3, 0.4) is 0 Å². The van der Waals surface area contributed by atoms with Crippen LogP contribution in [0.25, 0.3) is 0 Å². The smallest absolute Gasteiger partial charge is 0.153 e. The molecule has 68 valence electrons. The highest BCUT2D eigenvalue weighted by molar-refractivity contribution is 5.97. The van der Waals surface area contributed by atoms with Crippen molar-refractivity contribution in [1.29, 1.82) is 0 Å². The number of hydrogen-bond donors (Lipinski definition) is 1. The van der Waals surface area contributed by atoms with E-state index in [9.17, 15) is 0 Å². The van der Waals surface area contributed by atoms with Gasteiger partial charge in [0.15, 0.2) is 5.84 Å². The topological polar surface area (TPSA) is 60.0 Å². The second kappa shape index (κ2) is 4.25. The number of rotatable bonds is 3. The van der Waals surface area contributed by atoms with E-state index in [0.717, 1.165) is 11.3 Å².